The lowest BCUT2D eigenvalue weighted by molar-refractivity contribution is -0.119. The molecular formula is C22H33N3O2. The van der Waals surface area contributed by atoms with E-state index in [0.717, 1.165) is 43.9 Å². The van der Waals surface area contributed by atoms with Gasteiger partial charge in [-0.05, 0) is 56.4 Å². The highest BCUT2D eigenvalue weighted by molar-refractivity contribution is 5.94. The topological polar surface area (TPSA) is 52.7 Å². The molecule has 1 N–H and O–H groups in total. The first-order valence-electron chi connectivity index (χ1n) is 10.5. The fourth-order valence-corrected chi connectivity index (χ4v) is 4.43. The summed E-state index contributed by atoms with van der Waals surface area (Å²) in [6, 6.07) is 8.20. The molecule has 1 heterocycles. The lowest BCUT2D eigenvalue weighted by Gasteiger charge is -2.29. The van der Waals surface area contributed by atoms with Crippen LogP contribution in [0.5, 0.6) is 0 Å². The minimum Gasteiger partial charge on any atom is -0.369 e. The largest absolute Gasteiger partial charge is 0.369 e. The molecule has 27 heavy (non-hydrogen) atoms. The standard InChI is InChI=1S/C22H33N3O2/c1-3-24(15-18-7-5-4-6-8-18)22(27)19-9-11-21(12-10-19)25-14-13-20(16-25)23-17(2)26/h9-12,18,20H,3-8,13-16H2,1-2H3,(H,23,26). The maximum Gasteiger partial charge on any atom is 0.253 e. The summed E-state index contributed by atoms with van der Waals surface area (Å²) in [5.41, 5.74) is 1.89. The molecule has 1 unspecified atom stereocenters. The van der Waals surface area contributed by atoms with Crippen molar-refractivity contribution < 1.29 is 9.59 Å². The minimum absolute atomic E-state index is 0.0282. The summed E-state index contributed by atoms with van der Waals surface area (Å²) < 4.78 is 0. The van der Waals surface area contributed by atoms with Crippen molar-refractivity contribution in [3.05, 3.63) is 29.8 Å². The van der Waals surface area contributed by atoms with E-state index >= 15 is 0 Å². The molecule has 2 fully saturated rings. The van der Waals surface area contributed by atoms with Gasteiger partial charge in [0.25, 0.3) is 5.91 Å². The van der Waals surface area contributed by atoms with Crippen molar-refractivity contribution in [3.63, 3.8) is 0 Å². The fraction of sp³-hybridized carbons (Fsp3) is 0.636. The normalized spacial score (nSPS) is 20.5. The number of hydrogen-bond donors (Lipinski definition) is 1. The molecule has 1 saturated carbocycles. The second kappa shape index (κ2) is 9.25. The third-order valence-corrected chi connectivity index (χ3v) is 5.95. The molecule has 0 radical (unpaired) electrons. The first-order chi connectivity index (χ1) is 13.1. The summed E-state index contributed by atoms with van der Waals surface area (Å²) in [6.07, 6.45) is 7.43. The zero-order chi connectivity index (χ0) is 19.2. The summed E-state index contributed by atoms with van der Waals surface area (Å²) in [6.45, 7) is 7.05. The molecule has 2 amide bonds. The molecule has 1 aromatic rings. The molecule has 1 saturated heterocycles. The van der Waals surface area contributed by atoms with E-state index in [1.165, 1.54) is 32.1 Å². The van der Waals surface area contributed by atoms with Crippen LogP contribution in [0.3, 0.4) is 0 Å². The van der Waals surface area contributed by atoms with Gasteiger partial charge < -0.3 is 15.1 Å². The second-order valence-electron chi connectivity index (χ2n) is 8.03. The Morgan fingerprint density at radius 2 is 1.81 bits per heavy atom. The van der Waals surface area contributed by atoms with Crippen LogP contribution in [0.25, 0.3) is 0 Å². The van der Waals surface area contributed by atoms with Crippen molar-refractivity contribution in [2.75, 3.05) is 31.1 Å². The number of carbonyl (C=O) groups is 2. The maximum absolute atomic E-state index is 12.9. The molecule has 148 valence electrons. The van der Waals surface area contributed by atoms with Gasteiger partial charge in [0.2, 0.25) is 5.91 Å². The Hall–Kier alpha value is -2.04. The molecule has 2 aliphatic rings. The van der Waals surface area contributed by atoms with E-state index in [0.29, 0.717) is 5.92 Å². The smallest absolute Gasteiger partial charge is 0.253 e. The summed E-state index contributed by atoms with van der Waals surface area (Å²) in [7, 11) is 0. The number of amides is 2. The number of nitrogens with zero attached hydrogens (tertiary/aromatic N) is 2. The van der Waals surface area contributed by atoms with E-state index in [1.54, 1.807) is 6.92 Å². The van der Waals surface area contributed by atoms with E-state index in [4.69, 9.17) is 0 Å². The highest BCUT2D eigenvalue weighted by Gasteiger charge is 2.24. The molecule has 1 aliphatic carbocycles. The van der Waals surface area contributed by atoms with Crippen LogP contribution in [0.2, 0.25) is 0 Å². The fourth-order valence-electron chi connectivity index (χ4n) is 4.43. The third kappa shape index (κ3) is 5.24. The second-order valence-corrected chi connectivity index (χ2v) is 8.03. The van der Waals surface area contributed by atoms with Crippen LogP contribution < -0.4 is 10.2 Å². The molecule has 1 aliphatic heterocycles. The number of carbonyl (C=O) groups excluding carboxylic acids is 2. The molecule has 1 aromatic carbocycles. The summed E-state index contributed by atoms with van der Waals surface area (Å²) >= 11 is 0. The zero-order valence-corrected chi connectivity index (χ0v) is 16.7. The van der Waals surface area contributed by atoms with E-state index in [2.05, 4.69) is 17.1 Å². The van der Waals surface area contributed by atoms with Crippen molar-refractivity contribution in [1.29, 1.82) is 0 Å². The Labute approximate surface area is 163 Å². The average molecular weight is 372 g/mol. The van der Waals surface area contributed by atoms with E-state index < -0.39 is 0 Å². The Morgan fingerprint density at radius 1 is 1.11 bits per heavy atom. The lowest BCUT2D eigenvalue weighted by atomic mass is 9.89. The molecule has 0 spiro atoms. The quantitative estimate of drug-likeness (QED) is 0.833. The first kappa shape index (κ1) is 19.7. The molecular weight excluding hydrogens is 338 g/mol. The molecule has 3 rings (SSSR count). The van der Waals surface area contributed by atoms with Crippen molar-refractivity contribution in [2.45, 2.75) is 58.4 Å². The maximum atomic E-state index is 12.9. The van der Waals surface area contributed by atoms with Crippen LogP contribution in [-0.4, -0.2) is 48.9 Å². The van der Waals surface area contributed by atoms with E-state index in [9.17, 15) is 9.59 Å². The first-order valence-corrected chi connectivity index (χ1v) is 10.5. The van der Waals surface area contributed by atoms with Crippen LogP contribution in [0, 0.1) is 5.92 Å². The number of benzene rings is 1. The van der Waals surface area contributed by atoms with Gasteiger partial charge in [0.15, 0.2) is 0 Å². The van der Waals surface area contributed by atoms with Gasteiger partial charge in [0.05, 0.1) is 0 Å². The molecule has 1 atom stereocenters. The SMILES string of the molecule is CCN(CC1CCCCC1)C(=O)c1ccc(N2CCC(NC(C)=O)C2)cc1. The van der Waals surface area contributed by atoms with Crippen LogP contribution in [0.4, 0.5) is 5.69 Å². The van der Waals surface area contributed by atoms with Gasteiger partial charge in [0.1, 0.15) is 0 Å². The van der Waals surface area contributed by atoms with Gasteiger partial charge >= 0.3 is 0 Å². The summed E-state index contributed by atoms with van der Waals surface area (Å²) in [5, 5.41) is 2.99. The number of hydrogen-bond acceptors (Lipinski definition) is 3. The van der Waals surface area contributed by atoms with Crippen LogP contribution in [-0.2, 0) is 4.79 Å². The predicted octanol–water partition coefficient (Wildman–Crippen LogP) is 3.44. The number of anilines is 1. The average Bonchev–Trinajstić information content (AvgIpc) is 3.14. The number of nitrogens with one attached hydrogen (secondary N) is 1. The molecule has 5 heteroatoms. The van der Waals surface area contributed by atoms with Gasteiger partial charge in [-0.1, -0.05) is 19.3 Å². The minimum atomic E-state index is 0.0282. The van der Waals surface area contributed by atoms with Crippen LogP contribution >= 0.6 is 0 Å². The Balaban J connectivity index is 1.58. The zero-order valence-electron chi connectivity index (χ0n) is 16.7. The molecule has 0 bridgehead atoms. The predicted molar refractivity (Wildman–Crippen MR) is 109 cm³/mol. The number of rotatable bonds is 6. The van der Waals surface area contributed by atoms with Crippen LogP contribution in [0.1, 0.15) is 62.7 Å². The summed E-state index contributed by atoms with van der Waals surface area (Å²) in [4.78, 5) is 28.4. The highest BCUT2D eigenvalue weighted by Crippen LogP contribution is 2.25. The Morgan fingerprint density at radius 3 is 2.44 bits per heavy atom. The van der Waals surface area contributed by atoms with E-state index in [-0.39, 0.29) is 17.9 Å². The lowest BCUT2D eigenvalue weighted by Crippen LogP contribution is -2.36. The van der Waals surface area contributed by atoms with Crippen molar-refractivity contribution in [3.8, 4) is 0 Å². The Bertz CT molecular complexity index is 637. The van der Waals surface area contributed by atoms with Gasteiger partial charge in [-0.15, -0.1) is 0 Å². The monoisotopic (exact) mass is 371 g/mol. The highest BCUT2D eigenvalue weighted by atomic mass is 16.2. The van der Waals surface area contributed by atoms with Gasteiger partial charge in [-0.3, -0.25) is 9.59 Å². The Kier molecular flexibility index (Phi) is 6.75. The van der Waals surface area contributed by atoms with Crippen molar-refractivity contribution in [2.24, 2.45) is 5.92 Å². The van der Waals surface area contributed by atoms with Crippen molar-refractivity contribution in [1.82, 2.24) is 10.2 Å². The van der Waals surface area contributed by atoms with Gasteiger partial charge in [-0.25, -0.2) is 0 Å². The van der Waals surface area contributed by atoms with Gasteiger partial charge in [0, 0.05) is 50.4 Å². The summed E-state index contributed by atoms with van der Waals surface area (Å²) in [5.74, 6) is 0.838. The van der Waals surface area contributed by atoms with Crippen molar-refractivity contribution >= 4 is 17.5 Å². The van der Waals surface area contributed by atoms with Crippen LogP contribution in [0.15, 0.2) is 24.3 Å². The molecule has 0 aromatic heterocycles. The van der Waals surface area contributed by atoms with Gasteiger partial charge in [-0.2, -0.15) is 0 Å². The molecule has 5 nitrogen and oxygen atoms in total. The third-order valence-electron chi connectivity index (χ3n) is 5.95. The van der Waals surface area contributed by atoms with E-state index in [1.807, 2.05) is 29.2 Å².